The van der Waals surface area contributed by atoms with E-state index in [1.54, 1.807) is 6.20 Å². The van der Waals surface area contributed by atoms with E-state index in [2.05, 4.69) is 10.3 Å². The number of carbonyl (C=O) groups is 1. The van der Waals surface area contributed by atoms with Crippen LogP contribution >= 0.6 is 12.2 Å². The van der Waals surface area contributed by atoms with Crippen molar-refractivity contribution in [1.82, 2.24) is 14.9 Å². The molecule has 23 heavy (non-hydrogen) atoms. The summed E-state index contributed by atoms with van der Waals surface area (Å²) in [6, 6.07) is 1.65. The minimum atomic E-state index is -0.623. The number of hydrogen-bond acceptors (Lipinski definition) is 2. The van der Waals surface area contributed by atoms with Crippen LogP contribution in [0.25, 0.3) is 0 Å². The molecular weight excluding hydrogens is 322 g/mol. The first kappa shape index (κ1) is 15.7. The Labute approximate surface area is 136 Å². The highest BCUT2D eigenvalue weighted by Crippen LogP contribution is 2.32. The van der Waals surface area contributed by atoms with Crippen LogP contribution in [0.1, 0.15) is 29.3 Å². The molecule has 0 bridgehead atoms. The Morgan fingerprint density at radius 2 is 2.26 bits per heavy atom. The lowest BCUT2D eigenvalue weighted by Crippen LogP contribution is -2.30. The number of primary amides is 1. The van der Waals surface area contributed by atoms with E-state index in [9.17, 15) is 13.6 Å². The minimum Gasteiger partial charge on any atom is -0.352 e. The van der Waals surface area contributed by atoms with Gasteiger partial charge in [0.2, 0.25) is 0 Å². The summed E-state index contributed by atoms with van der Waals surface area (Å²) in [5.74, 6) is -1.07. The van der Waals surface area contributed by atoms with Gasteiger partial charge in [-0.3, -0.25) is 0 Å². The number of urea groups is 1. The second-order valence-electron chi connectivity index (χ2n) is 5.59. The molecule has 1 aromatic carbocycles. The van der Waals surface area contributed by atoms with Gasteiger partial charge in [0, 0.05) is 18.3 Å². The molecule has 0 spiro atoms. The molecule has 1 aromatic heterocycles. The summed E-state index contributed by atoms with van der Waals surface area (Å²) in [6.45, 7) is 0.239. The Bertz CT molecular complexity index is 814. The van der Waals surface area contributed by atoms with Crippen LogP contribution < -0.4 is 11.1 Å². The van der Waals surface area contributed by atoms with Crippen molar-refractivity contribution in [3.63, 3.8) is 0 Å². The highest BCUT2D eigenvalue weighted by atomic mass is 32.1. The van der Waals surface area contributed by atoms with Crippen LogP contribution in [0.2, 0.25) is 0 Å². The number of nitrogens with two attached hydrogens (primary N) is 1. The highest BCUT2D eigenvalue weighted by Gasteiger charge is 2.25. The molecule has 1 atom stereocenters. The average Bonchev–Trinajstić information content (AvgIpc) is 2.85. The quantitative estimate of drug-likeness (QED) is 0.753. The maximum atomic E-state index is 13.8. The molecule has 0 saturated carbocycles. The van der Waals surface area contributed by atoms with Gasteiger partial charge in [0.15, 0.2) is 4.77 Å². The van der Waals surface area contributed by atoms with E-state index in [0.717, 1.165) is 11.8 Å². The number of hydrogen-bond donors (Lipinski definition) is 3. The van der Waals surface area contributed by atoms with E-state index < -0.39 is 17.7 Å². The van der Waals surface area contributed by atoms with Crippen LogP contribution in [-0.4, -0.2) is 15.6 Å². The number of benzene rings is 1. The number of carbonyl (C=O) groups excluding carboxylic acids is 1. The molecule has 1 aliphatic rings. The number of aromatic amines is 1. The van der Waals surface area contributed by atoms with Crippen LogP contribution in [0.15, 0.2) is 18.3 Å². The number of nitrogens with zero attached hydrogens (tertiary/aromatic N) is 1. The van der Waals surface area contributed by atoms with Gasteiger partial charge in [-0.05, 0) is 48.7 Å². The van der Waals surface area contributed by atoms with Crippen LogP contribution in [0.5, 0.6) is 0 Å². The second-order valence-corrected chi connectivity index (χ2v) is 5.98. The van der Waals surface area contributed by atoms with E-state index in [1.807, 2.05) is 4.57 Å². The molecule has 1 heterocycles. The fourth-order valence-corrected chi connectivity index (χ4v) is 3.46. The Balaban J connectivity index is 1.90. The van der Waals surface area contributed by atoms with Gasteiger partial charge in [-0.15, -0.1) is 0 Å². The predicted octanol–water partition coefficient (Wildman–Crippen LogP) is 2.72. The summed E-state index contributed by atoms with van der Waals surface area (Å²) in [6.07, 6.45) is 3.40. The van der Waals surface area contributed by atoms with Crippen LogP contribution in [0.3, 0.4) is 0 Å². The molecular formula is C15H16F2N4OS. The summed E-state index contributed by atoms with van der Waals surface area (Å²) in [5, 5.41) is 2.52. The molecule has 0 aliphatic heterocycles. The van der Waals surface area contributed by atoms with Gasteiger partial charge < -0.3 is 20.6 Å². The number of nitrogens with one attached hydrogen (secondary N) is 2. The van der Waals surface area contributed by atoms with Gasteiger partial charge in [-0.1, -0.05) is 0 Å². The highest BCUT2D eigenvalue weighted by molar-refractivity contribution is 7.71. The SMILES string of the molecule is NC(=O)NCc1c[nH]c(=S)n1C1CCc2c(F)cc(F)cc2C1. The predicted molar refractivity (Wildman–Crippen MR) is 83.5 cm³/mol. The minimum absolute atomic E-state index is 0.0212. The lowest BCUT2D eigenvalue weighted by molar-refractivity contribution is 0.248. The molecule has 2 amide bonds. The van der Waals surface area contributed by atoms with Gasteiger partial charge >= 0.3 is 6.03 Å². The maximum Gasteiger partial charge on any atom is 0.312 e. The Morgan fingerprint density at radius 3 is 3.00 bits per heavy atom. The molecule has 1 aliphatic carbocycles. The van der Waals surface area contributed by atoms with Crippen molar-refractivity contribution in [1.29, 1.82) is 0 Å². The summed E-state index contributed by atoms with van der Waals surface area (Å²) in [7, 11) is 0. The smallest absolute Gasteiger partial charge is 0.312 e. The largest absolute Gasteiger partial charge is 0.352 e. The standard InChI is InChI=1S/C15H16F2N4OS/c16-9-3-8-4-10(1-2-12(8)13(17)5-9)21-11(6-19-14(18)22)7-20-15(21)23/h3,5,7,10H,1-2,4,6H2,(H,20,23)(H3,18,19,22). The lowest BCUT2D eigenvalue weighted by Gasteiger charge is -2.27. The molecule has 4 N–H and O–H groups in total. The van der Waals surface area contributed by atoms with Crippen LogP contribution in [0, 0.1) is 16.4 Å². The number of halogens is 2. The van der Waals surface area contributed by atoms with Crippen molar-refractivity contribution in [3.8, 4) is 0 Å². The van der Waals surface area contributed by atoms with Crippen molar-refractivity contribution in [2.24, 2.45) is 5.73 Å². The molecule has 122 valence electrons. The zero-order chi connectivity index (χ0) is 16.6. The fraction of sp³-hybridized carbons (Fsp3) is 0.333. The van der Waals surface area contributed by atoms with Crippen molar-refractivity contribution >= 4 is 18.2 Å². The van der Waals surface area contributed by atoms with Crippen molar-refractivity contribution in [2.45, 2.75) is 31.8 Å². The molecule has 2 aromatic rings. The number of fused-ring (bicyclic) bond motifs is 1. The monoisotopic (exact) mass is 338 g/mol. The van der Waals surface area contributed by atoms with Gasteiger partial charge in [0.05, 0.1) is 12.2 Å². The summed E-state index contributed by atoms with van der Waals surface area (Å²) in [5.41, 5.74) is 7.10. The third kappa shape index (κ3) is 3.12. The molecule has 5 nitrogen and oxygen atoms in total. The van der Waals surface area contributed by atoms with E-state index in [0.29, 0.717) is 35.2 Å². The Hall–Kier alpha value is -2.22. The summed E-state index contributed by atoms with van der Waals surface area (Å²) < 4.78 is 29.7. The molecule has 0 radical (unpaired) electrons. The molecule has 0 fully saturated rings. The second kappa shape index (κ2) is 6.11. The Kier molecular flexibility index (Phi) is 4.16. The molecule has 1 unspecified atom stereocenters. The van der Waals surface area contributed by atoms with Gasteiger partial charge in [0.1, 0.15) is 11.6 Å². The average molecular weight is 338 g/mol. The summed E-state index contributed by atoms with van der Waals surface area (Å²) >= 11 is 5.30. The first-order valence-corrected chi connectivity index (χ1v) is 7.65. The van der Waals surface area contributed by atoms with Gasteiger partial charge in [-0.25, -0.2) is 13.6 Å². The normalized spacial score (nSPS) is 16.9. The topological polar surface area (TPSA) is 75.8 Å². The summed E-state index contributed by atoms with van der Waals surface area (Å²) in [4.78, 5) is 13.8. The van der Waals surface area contributed by atoms with Gasteiger partial charge in [-0.2, -0.15) is 0 Å². The number of rotatable bonds is 3. The maximum absolute atomic E-state index is 13.8. The van der Waals surface area contributed by atoms with Crippen molar-refractivity contribution in [3.05, 3.63) is 51.6 Å². The number of imidazole rings is 1. The zero-order valence-electron chi connectivity index (χ0n) is 12.2. The van der Waals surface area contributed by atoms with Crippen LogP contribution in [0.4, 0.5) is 13.6 Å². The van der Waals surface area contributed by atoms with Crippen molar-refractivity contribution in [2.75, 3.05) is 0 Å². The lowest BCUT2D eigenvalue weighted by atomic mass is 9.87. The number of aromatic nitrogens is 2. The Morgan fingerprint density at radius 1 is 1.48 bits per heavy atom. The molecule has 8 heteroatoms. The van der Waals surface area contributed by atoms with E-state index in [-0.39, 0.29) is 12.6 Å². The van der Waals surface area contributed by atoms with E-state index in [4.69, 9.17) is 18.0 Å². The fourth-order valence-electron chi connectivity index (χ4n) is 3.13. The first-order chi connectivity index (χ1) is 11.0. The molecule has 0 saturated heterocycles. The third-order valence-electron chi connectivity index (χ3n) is 4.14. The zero-order valence-corrected chi connectivity index (χ0v) is 13.1. The van der Waals surface area contributed by atoms with Crippen molar-refractivity contribution < 1.29 is 13.6 Å². The number of amides is 2. The molecule has 3 rings (SSSR count). The third-order valence-corrected chi connectivity index (χ3v) is 4.45. The van der Waals surface area contributed by atoms with E-state index in [1.165, 1.54) is 6.07 Å². The number of H-pyrrole nitrogens is 1. The first-order valence-electron chi connectivity index (χ1n) is 7.24. The van der Waals surface area contributed by atoms with Crippen LogP contribution in [-0.2, 0) is 19.4 Å². The van der Waals surface area contributed by atoms with Gasteiger partial charge in [0.25, 0.3) is 0 Å². The van der Waals surface area contributed by atoms with E-state index >= 15 is 0 Å².